The summed E-state index contributed by atoms with van der Waals surface area (Å²) in [5, 5.41) is 11.5. The molecule has 2 aromatic rings. The van der Waals surface area contributed by atoms with E-state index in [2.05, 4.69) is 0 Å². The maximum Gasteiger partial charge on any atom is 0.295 e. The molecule has 152 valence electrons. The van der Waals surface area contributed by atoms with Crippen LogP contribution in [0.15, 0.2) is 54.1 Å². The minimum Gasteiger partial charge on any atom is -0.507 e. The van der Waals surface area contributed by atoms with E-state index >= 15 is 0 Å². The summed E-state index contributed by atoms with van der Waals surface area (Å²) in [7, 11) is 3.12. The van der Waals surface area contributed by atoms with Crippen LogP contribution in [-0.2, 0) is 14.3 Å². The van der Waals surface area contributed by atoms with E-state index < -0.39 is 17.7 Å². The highest BCUT2D eigenvalue weighted by molar-refractivity contribution is 6.46. The molecule has 0 aliphatic carbocycles. The first-order chi connectivity index (χ1) is 14.0. The van der Waals surface area contributed by atoms with Crippen molar-refractivity contribution >= 4 is 29.1 Å². The SMILES string of the molecule is COCCCN1C(=O)C(=O)/C(=C(/O)c2ccc(OC)cc2)[C@H]1c1ccc(Cl)cc1. The lowest BCUT2D eigenvalue weighted by Gasteiger charge is -2.25. The molecule has 0 spiro atoms. The molecule has 1 aliphatic rings. The number of methoxy groups -OCH3 is 2. The van der Waals surface area contributed by atoms with Gasteiger partial charge in [0.05, 0.1) is 18.7 Å². The Morgan fingerprint density at radius 3 is 2.31 bits per heavy atom. The molecule has 0 bridgehead atoms. The Balaban J connectivity index is 2.09. The van der Waals surface area contributed by atoms with Crippen LogP contribution in [0.2, 0.25) is 5.02 Å². The largest absolute Gasteiger partial charge is 0.507 e. The third-order valence-corrected chi connectivity index (χ3v) is 5.09. The average molecular weight is 416 g/mol. The van der Waals surface area contributed by atoms with Gasteiger partial charge in [0.25, 0.3) is 11.7 Å². The molecule has 0 radical (unpaired) electrons. The number of benzene rings is 2. The molecule has 1 saturated heterocycles. The van der Waals surface area contributed by atoms with Crippen LogP contribution < -0.4 is 4.74 Å². The van der Waals surface area contributed by atoms with Crippen LogP contribution in [0.1, 0.15) is 23.6 Å². The Bertz CT molecular complexity index is 921. The van der Waals surface area contributed by atoms with E-state index in [1.165, 1.54) is 4.90 Å². The topological polar surface area (TPSA) is 76.1 Å². The number of carbonyl (C=O) groups is 2. The van der Waals surface area contributed by atoms with E-state index in [1.807, 2.05) is 0 Å². The van der Waals surface area contributed by atoms with Crippen molar-refractivity contribution in [2.24, 2.45) is 0 Å². The first kappa shape index (κ1) is 20.9. The number of aliphatic hydroxyl groups excluding tert-OH is 1. The number of likely N-dealkylation sites (tertiary alicyclic amines) is 1. The van der Waals surface area contributed by atoms with E-state index in [9.17, 15) is 14.7 Å². The van der Waals surface area contributed by atoms with Gasteiger partial charge in [0.2, 0.25) is 0 Å². The zero-order chi connectivity index (χ0) is 21.0. The smallest absolute Gasteiger partial charge is 0.295 e. The summed E-state index contributed by atoms with van der Waals surface area (Å²) in [4.78, 5) is 27.1. The molecule has 1 fully saturated rings. The normalized spacial score (nSPS) is 18.3. The molecule has 1 heterocycles. The molecule has 0 saturated carbocycles. The lowest BCUT2D eigenvalue weighted by atomic mass is 9.95. The molecule has 1 atom stereocenters. The van der Waals surface area contributed by atoms with Crippen molar-refractivity contribution in [1.29, 1.82) is 0 Å². The Morgan fingerprint density at radius 1 is 1.07 bits per heavy atom. The lowest BCUT2D eigenvalue weighted by molar-refractivity contribution is -0.140. The van der Waals surface area contributed by atoms with Gasteiger partial charge < -0.3 is 19.5 Å². The zero-order valence-electron chi connectivity index (χ0n) is 16.2. The van der Waals surface area contributed by atoms with Crippen LogP contribution in [0.5, 0.6) is 5.75 Å². The van der Waals surface area contributed by atoms with E-state index in [0.717, 1.165) is 0 Å². The van der Waals surface area contributed by atoms with Crippen molar-refractivity contribution < 1.29 is 24.2 Å². The van der Waals surface area contributed by atoms with E-state index in [-0.39, 0.29) is 11.3 Å². The summed E-state index contributed by atoms with van der Waals surface area (Å²) in [6, 6.07) is 12.8. The predicted molar refractivity (Wildman–Crippen MR) is 110 cm³/mol. The van der Waals surface area contributed by atoms with Gasteiger partial charge in [-0.15, -0.1) is 0 Å². The average Bonchev–Trinajstić information content (AvgIpc) is 2.99. The lowest BCUT2D eigenvalue weighted by Crippen LogP contribution is -2.31. The fourth-order valence-electron chi connectivity index (χ4n) is 3.39. The fraction of sp³-hybridized carbons (Fsp3) is 0.273. The van der Waals surface area contributed by atoms with E-state index in [0.29, 0.717) is 41.5 Å². The molecule has 7 heteroatoms. The highest BCUT2D eigenvalue weighted by Gasteiger charge is 2.45. The molecule has 2 aromatic carbocycles. The van der Waals surface area contributed by atoms with Gasteiger partial charge in [0, 0.05) is 30.8 Å². The van der Waals surface area contributed by atoms with Gasteiger partial charge in [0.15, 0.2) is 0 Å². The highest BCUT2D eigenvalue weighted by atomic mass is 35.5. The minimum absolute atomic E-state index is 0.0555. The second kappa shape index (κ2) is 9.11. The van der Waals surface area contributed by atoms with Crippen LogP contribution in [-0.4, -0.2) is 49.1 Å². The summed E-state index contributed by atoms with van der Waals surface area (Å²) in [5.41, 5.74) is 1.18. The maximum atomic E-state index is 12.8. The standard InChI is InChI=1S/C22H22ClNO5/c1-28-13-3-12-24-19(14-4-8-16(23)9-5-14)18(21(26)22(24)27)20(25)15-6-10-17(29-2)11-7-15/h4-11,19,25H,3,12-13H2,1-2H3/b20-18+/t19-/m1/s1. The number of ether oxygens (including phenoxy) is 2. The van der Waals surface area contributed by atoms with Gasteiger partial charge in [-0.05, 0) is 48.4 Å². The summed E-state index contributed by atoms with van der Waals surface area (Å²) in [5.74, 6) is -0.956. The molecule has 0 unspecified atom stereocenters. The van der Waals surface area contributed by atoms with Crippen molar-refractivity contribution in [1.82, 2.24) is 4.90 Å². The van der Waals surface area contributed by atoms with Crippen LogP contribution in [0.25, 0.3) is 5.76 Å². The van der Waals surface area contributed by atoms with Gasteiger partial charge in [-0.2, -0.15) is 0 Å². The number of amides is 1. The Labute approximate surface area is 174 Å². The molecular formula is C22H22ClNO5. The summed E-state index contributed by atoms with van der Waals surface area (Å²) >= 11 is 6.00. The summed E-state index contributed by atoms with van der Waals surface area (Å²) in [6.07, 6.45) is 0.566. The van der Waals surface area contributed by atoms with Crippen molar-refractivity contribution in [3.63, 3.8) is 0 Å². The van der Waals surface area contributed by atoms with Crippen molar-refractivity contribution in [3.8, 4) is 5.75 Å². The van der Waals surface area contributed by atoms with Crippen LogP contribution in [0.3, 0.4) is 0 Å². The first-order valence-corrected chi connectivity index (χ1v) is 9.53. The predicted octanol–water partition coefficient (Wildman–Crippen LogP) is 3.81. The van der Waals surface area contributed by atoms with Crippen LogP contribution >= 0.6 is 11.6 Å². The van der Waals surface area contributed by atoms with Crippen molar-refractivity contribution in [2.75, 3.05) is 27.4 Å². The molecule has 0 aromatic heterocycles. The number of nitrogens with zero attached hydrogens (tertiary/aromatic N) is 1. The van der Waals surface area contributed by atoms with Gasteiger partial charge >= 0.3 is 0 Å². The molecule has 6 nitrogen and oxygen atoms in total. The summed E-state index contributed by atoms with van der Waals surface area (Å²) < 4.78 is 10.2. The van der Waals surface area contributed by atoms with Gasteiger partial charge in [0.1, 0.15) is 11.5 Å². The second-order valence-electron chi connectivity index (χ2n) is 6.62. The van der Waals surface area contributed by atoms with Crippen LogP contribution in [0.4, 0.5) is 0 Å². The molecule has 1 N–H and O–H groups in total. The molecule has 1 amide bonds. The number of carbonyl (C=O) groups excluding carboxylic acids is 2. The number of ketones is 1. The van der Waals surface area contributed by atoms with E-state index in [4.69, 9.17) is 21.1 Å². The quantitative estimate of drug-likeness (QED) is 0.322. The first-order valence-electron chi connectivity index (χ1n) is 9.15. The van der Waals surface area contributed by atoms with Crippen molar-refractivity contribution in [3.05, 3.63) is 70.3 Å². The maximum absolute atomic E-state index is 12.8. The fourth-order valence-corrected chi connectivity index (χ4v) is 3.51. The third-order valence-electron chi connectivity index (χ3n) is 4.84. The Morgan fingerprint density at radius 2 is 1.72 bits per heavy atom. The number of aliphatic hydroxyl groups is 1. The van der Waals surface area contributed by atoms with E-state index in [1.54, 1.807) is 62.8 Å². The van der Waals surface area contributed by atoms with Gasteiger partial charge in [-0.1, -0.05) is 23.7 Å². The monoisotopic (exact) mass is 415 g/mol. The number of hydrogen-bond donors (Lipinski definition) is 1. The molecule has 29 heavy (non-hydrogen) atoms. The second-order valence-corrected chi connectivity index (χ2v) is 7.06. The number of hydrogen-bond acceptors (Lipinski definition) is 5. The minimum atomic E-state index is -0.712. The highest BCUT2D eigenvalue weighted by Crippen LogP contribution is 2.39. The number of halogens is 1. The van der Waals surface area contributed by atoms with Crippen LogP contribution in [0, 0.1) is 0 Å². The Hall–Kier alpha value is -2.83. The molecule has 3 rings (SSSR count). The zero-order valence-corrected chi connectivity index (χ0v) is 17.0. The number of Topliss-reactive ketones (excluding diaryl/α,β-unsaturated/α-hetero) is 1. The van der Waals surface area contributed by atoms with Crippen molar-refractivity contribution in [2.45, 2.75) is 12.5 Å². The third kappa shape index (κ3) is 4.28. The summed E-state index contributed by atoms with van der Waals surface area (Å²) in [6.45, 7) is 0.778. The number of rotatable bonds is 7. The molecular weight excluding hydrogens is 394 g/mol. The Kier molecular flexibility index (Phi) is 6.56. The van der Waals surface area contributed by atoms with Gasteiger partial charge in [-0.3, -0.25) is 9.59 Å². The van der Waals surface area contributed by atoms with Gasteiger partial charge in [-0.25, -0.2) is 0 Å². The molecule has 1 aliphatic heterocycles.